The molecule has 142 valence electrons. The van der Waals surface area contributed by atoms with E-state index in [1.54, 1.807) is 41.3 Å². The van der Waals surface area contributed by atoms with Gasteiger partial charge in [-0.05, 0) is 18.2 Å². The fraction of sp³-hybridized carbons (Fsp3) is 0.300. The molecule has 7 heteroatoms. The zero-order chi connectivity index (χ0) is 19.2. The van der Waals surface area contributed by atoms with Gasteiger partial charge in [-0.15, -0.1) is 0 Å². The summed E-state index contributed by atoms with van der Waals surface area (Å²) < 4.78 is 27.4. The Morgan fingerprint density at radius 1 is 0.889 bits per heavy atom. The number of amides is 2. The molecule has 1 heterocycles. The average Bonchev–Trinajstić information content (AvgIpc) is 2.68. The number of anilines is 1. The van der Waals surface area contributed by atoms with Gasteiger partial charge in [0.15, 0.2) is 0 Å². The van der Waals surface area contributed by atoms with Gasteiger partial charge >= 0.3 is 0 Å². The first kappa shape index (κ1) is 18.8. The fourth-order valence-electron chi connectivity index (χ4n) is 3.05. The van der Waals surface area contributed by atoms with E-state index in [0.29, 0.717) is 37.4 Å². The quantitative estimate of drug-likeness (QED) is 0.819. The molecule has 1 aliphatic rings. The van der Waals surface area contributed by atoms with Crippen LogP contribution in [-0.2, 0) is 16.1 Å². The highest BCUT2D eigenvalue weighted by Crippen LogP contribution is 2.20. The Balaban J connectivity index is 1.46. The van der Waals surface area contributed by atoms with E-state index in [4.69, 9.17) is 0 Å². The summed E-state index contributed by atoms with van der Waals surface area (Å²) in [6.07, 6.45) is -0.284. The van der Waals surface area contributed by atoms with Gasteiger partial charge in [0.1, 0.15) is 18.1 Å². The number of carbonyl (C=O) groups is 2. The van der Waals surface area contributed by atoms with Crippen molar-refractivity contribution in [2.24, 2.45) is 0 Å². The topological polar surface area (TPSA) is 52.7 Å². The standard InChI is InChI=1S/C20H21F2N3O2/c21-16-6-2-1-5-15(16)14-23-19(26)13-20(27)25-11-9-24(10-12-25)18-8-4-3-7-17(18)22/h1-8H,9-14H2,(H,23,26). The van der Waals surface area contributed by atoms with Crippen molar-refractivity contribution in [3.8, 4) is 0 Å². The molecule has 0 unspecified atom stereocenters. The summed E-state index contributed by atoms with van der Waals surface area (Å²) >= 11 is 0. The highest BCUT2D eigenvalue weighted by atomic mass is 19.1. The number of hydrogen-bond acceptors (Lipinski definition) is 3. The number of hydrogen-bond donors (Lipinski definition) is 1. The van der Waals surface area contributed by atoms with E-state index in [9.17, 15) is 18.4 Å². The first-order valence-corrected chi connectivity index (χ1v) is 8.82. The third-order valence-corrected chi connectivity index (χ3v) is 4.57. The van der Waals surface area contributed by atoms with Crippen LogP contribution in [0.3, 0.4) is 0 Å². The van der Waals surface area contributed by atoms with Gasteiger partial charge in [0.2, 0.25) is 11.8 Å². The summed E-state index contributed by atoms with van der Waals surface area (Å²) in [5, 5.41) is 2.57. The maximum absolute atomic E-state index is 13.9. The fourth-order valence-corrected chi connectivity index (χ4v) is 3.05. The molecular weight excluding hydrogens is 352 g/mol. The smallest absolute Gasteiger partial charge is 0.232 e. The molecule has 0 aliphatic carbocycles. The maximum atomic E-state index is 13.9. The predicted molar refractivity (Wildman–Crippen MR) is 98.1 cm³/mol. The zero-order valence-electron chi connectivity index (χ0n) is 14.8. The number of para-hydroxylation sites is 1. The van der Waals surface area contributed by atoms with Gasteiger partial charge < -0.3 is 15.1 Å². The van der Waals surface area contributed by atoms with Gasteiger partial charge in [-0.25, -0.2) is 8.78 Å². The number of rotatable bonds is 5. The van der Waals surface area contributed by atoms with Gasteiger partial charge in [-0.2, -0.15) is 0 Å². The maximum Gasteiger partial charge on any atom is 0.232 e. The second kappa shape index (κ2) is 8.62. The van der Waals surface area contributed by atoms with Crippen LogP contribution in [0.25, 0.3) is 0 Å². The number of carbonyl (C=O) groups excluding carboxylic acids is 2. The molecule has 3 rings (SSSR count). The molecule has 27 heavy (non-hydrogen) atoms. The van der Waals surface area contributed by atoms with E-state index in [1.165, 1.54) is 12.1 Å². The Morgan fingerprint density at radius 3 is 2.19 bits per heavy atom. The van der Waals surface area contributed by atoms with Crippen LogP contribution >= 0.6 is 0 Å². The molecule has 5 nitrogen and oxygen atoms in total. The van der Waals surface area contributed by atoms with Crippen LogP contribution < -0.4 is 10.2 Å². The Morgan fingerprint density at radius 2 is 1.52 bits per heavy atom. The summed E-state index contributed by atoms with van der Waals surface area (Å²) in [6, 6.07) is 12.7. The number of halogens is 2. The Hall–Kier alpha value is -2.96. The second-order valence-electron chi connectivity index (χ2n) is 6.36. The zero-order valence-corrected chi connectivity index (χ0v) is 14.8. The lowest BCUT2D eigenvalue weighted by Gasteiger charge is -2.36. The highest BCUT2D eigenvalue weighted by molar-refractivity contribution is 5.96. The molecule has 0 radical (unpaired) electrons. The first-order valence-electron chi connectivity index (χ1n) is 8.82. The predicted octanol–water partition coefficient (Wildman–Crippen LogP) is 2.32. The Labute approximate surface area is 156 Å². The van der Waals surface area contributed by atoms with E-state index in [1.807, 2.05) is 4.90 Å². The molecule has 0 bridgehead atoms. The number of nitrogens with one attached hydrogen (secondary N) is 1. The lowest BCUT2D eigenvalue weighted by molar-refractivity contribution is -0.136. The van der Waals surface area contributed by atoms with Crippen LogP contribution in [0.1, 0.15) is 12.0 Å². The summed E-state index contributed by atoms with van der Waals surface area (Å²) in [4.78, 5) is 27.7. The van der Waals surface area contributed by atoms with E-state index >= 15 is 0 Å². The third kappa shape index (κ3) is 4.81. The van der Waals surface area contributed by atoms with E-state index < -0.39 is 11.7 Å². The van der Waals surface area contributed by atoms with Crippen molar-refractivity contribution < 1.29 is 18.4 Å². The Kier molecular flexibility index (Phi) is 6.01. The molecule has 1 N–H and O–H groups in total. The van der Waals surface area contributed by atoms with E-state index in [2.05, 4.69) is 5.32 Å². The van der Waals surface area contributed by atoms with Crippen molar-refractivity contribution in [1.29, 1.82) is 0 Å². The van der Waals surface area contributed by atoms with Crippen LogP contribution in [0.5, 0.6) is 0 Å². The van der Waals surface area contributed by atoms with Gasteiger partial charge in [-0.3, -0.25) is 9.59 Å². The lowest BCUT2D eigenvalue weighted by Crippen LogP contribution is -2.49. The first-order chi connectivity index (χ1) is 13.0. The van der Waals surface area contributed by atoms with Crippen molar-refractivity contribution in [2.45, 2.75) is 13.0 Å². The molecule has 2 aromatic rings. The van der Waals surface area contributed by atoms with Crippen LogP contribution in [0.4, 0.5) is 14.5 Å². The van der Waals surface area contributed by atoms with Crippen LogP contribution in [-0.4, -0.2) is 42.9 Å². The molecule has 0 saturated carbocycles. The molecule has 0 spiro atoms. The molecule has 2 aromatic carbocycles. The summed E-state index contributed by atoms with van der Waals surface area (Å²) in [5.74, 6) is -1.41. The van der Waals surface area contributed by atoms with Crippen molar-refractivity contribution in [3.63, 3.8) is 0 Å². The van der Waals surface area contributed by atoms with Crippen LogP contribution in [0.2, 0.25) is 0 Å². The van der Waals surface area contributed by atoms with Crippen LogP contribution in [0, 0.1) is 11.6 Å². The highest BCUT2D eigenvalue weighted by Gasteiger charge is 2.24. The van der Waals surface area contributed by atoms with Crippen molar-refractivity contribution in [1.82, 2.24) is 10.2 Å². The van der Waals surface area contributed by atoms with Crippen molar-refractivity contribution in [3.05, 3.63) is 65.7 Å². The number of nitrogens with zero attached hydrogens (tertiary/aromatic N) is 2. The van der Waals surface area contributed by atoms with Gasteiger partial charge in [0.05, 0.1) is 5.69 Å². The van der Waals surface area contributed by atoms with E-state index in [0.717, 1.165) is 0 Å². The van der Waals surface area contributed by atoms with Gasteiger partial charge in [0.25, 0.3) is 0 Å². The third-order valence-electron chi connectivity index (χ3n) is 4.57. The van der Waals surface area contributed by atoms with Crippen molar-refractivity contribution in [2.75, 3.05) is 31.1 Å². The molecule has 1 aliphatic heterocycles. The number of piperazine rings is 1. The Bertz CT molecular complexity index is 820. The molecule has 0 aromatic heterocycles. The minimum atomic E-state index is -0.445. The molecule has 0 atom stereocenters. The SMILES string of the molecule is O=C(CC(=O)N1CCN(c2ccccc2F)CC1)NCc1ccccc1F. The number of benzene rings is 2. The summed E-state index contributed by atoms with van der Waals surface area (Å²) in [5.41, 5.74) is 0.893. The van der Waals surface area contributed by atoms with E-state index in [-0.39, 0.29) is 24.7 Å². The summed E-state index contributed by atoms with van der Waals surface area (Å²) in [6.45, 7) is 1.90. The van der Waals surface area contributed by atoms with Gasteiger partial charge in [-0.1, -0.05) is 30.3 Å². The van der Waals surface area contributed by atoms with Crippen LogP contribution in [0.15, 0.2) is 48.5 Å². The summed E-state index contributed by atoms with van der Waals surface area (Å²) in [7, 11) is 0. The monoisotopic (exact) mass is 373 g/mol. The van der Waals surface area contributed by atoms with Gasteiger partial charge in [0, 0.05) is 38.3 Å². The average molecular weight is 373 g/mol. The normalized spacial score (nSPS) is 14.1. The second-order valence-corrected chi connectivity index (χ2v) is 6.36. The molecule has 1 fully saturated rings. The molecule has 2 amide bonds. The van der Waals surface area contributed by atoms with Crippen molar-refractivity contribution >= 4 is 17.5 Å². The lowest BCUT2D eigenvalue weighted by atomic mass is 10.2. The molecule has 1 saturated heterocycles. The minimum Gasteiger partial charge on any atom is -0.366 e. The largest absolute Gasteiger partial charge is 0.366 e. The molecular formula is C20H21F2N3O2. The minimum absolute atomic E-state index is 0.0415.